The molecule has 0 aliphatic rings. The summed E-state index contributed by atoms with van der Waals surface area (Å²) in [6.07, 6.45) is 0.317. The van der Waals surface area contributed by atoms with E-state index in [0.29, 0.717) is 17.8 Å². The standard InChI is InChI=1S/C26H20N2O3S/c29-24-15-20(14-23-25(30)27-26(31)32-23)21-8-4-5-9-22(21)28(24)16-17-10-12-19(13-11-17)18-6-2-1-3-7-18/h1-13,15,30H,14,16H2,(H,27,31). The van der Waals surface area contributed by atoms with Gasteiger partial charge in [-0.1, -0.05) is 84.1 Å². The Morgan fingerprint density at radius 2 is 1.53 bits per heavy atom. The van der Waals surface area contributed by atoms with E-state index in [9.17, 15) is 14.7 Å². The molecule has 5 rings (SSSR count). The third-order valence-electron chi connectivity index (χ3n) is 5.56. The highest BCUT2D eigenvalue weighted by Crippen LogP contribution is 2.25. The number of thiazole rings is 1. The van der Waals surface area contributed by atoms with Crippen molar-refractivity contribution in [2.75, 3.05) is 0 Å². The molecule has 0 amide bonds. The van der Waals surface area contributed by atoms with Crippen molar-refractivity contribution in [1.29, 1.82) is 0 Å². The third-order valence-corrected chi connectivity index (χ3v) is 6.43. The van der Waals surface area contributed by atoms with Gasteiger partial charge in [0.05, 0.1) is 16.9 Å². The Kier molecular flexibility index (Phi) is 5.21. The van der Waals surface area contributed by atoms with Crippen LogP contribution < -0.4 is 10.4 Å². The monoisotopic (exact) mass is 440 g/mol. The van der Waals surface area contributed by atoms with Gasteiger partial charge in [0.15, 0.2) is 0 Å². The number of benzene rings is 3. The molecule has 158 valence electrons. The fourth-order valence-electron chi connectivity index (χ4n) is 3.97. The van der Waals surface area contributed by atoms with Crippen molar-refractivity contribution in [2.24, 2.45) is 0 Å². The molecular formula is C26H20N2O3S. The lowest BCUT2D eigenvalue weighted by Gasteiger charge is -2.14. The summed E-state index contributed by atoms with van der Waals surface area (Å²) in [5.74, 6) is -0.133. The smallest absolute Gasteiger partial charge is 0.307 e. The molecule has 5 aromatic rings. The molecule has 2 aromatic heterocycles. The fourth-order valence-corrected chi connectivity index (χ4v) is 4.72. The quantitative estimate of drug-likeness (QED) is 0.414. The predicted octanol–water partition coefficient (Wildman–Crippen LogP) is 4.76. The molecule has 0 spiro atoms. The first-order chi connectivity index (χ1) is 15.6. The number of hydrogen-bond acceptors (Lipinski definition) is 4. The molecule has 32 heavy (non-hydrogen) atoms. The fraction of sp³-hybridized carbons (Fsp3) is 0.0769. The van der Waals surface area contributed by atoms with Gasteiger partial charge in [-0.25, -0.2) is 0 Å². The molecule has 2 heterocycles. The maximum absolute atomic E-state index is 13.1. The Bertz CT molecular complexity index is 1510. The molecule has 0 fully saturated rings. The summed E-state index contributed by atoms with van der Waals surface area (Å²) in [7, 11) is 0. The van der Waals surface area contributed by atoms with Gasteiger partial charge in [-0.15, -0.1) is 0 Å². The summed E-state index contributed by atoms with van der Waals surface area (Å²) in [6.45, 7) is 0.456. The van der Waals surface area contributed by atoms with Gasteiger partial charge in [-0.3, -0.25) is 14.6 Å². The summed E-state index contributed by atoms with van der Waals surface area (Å²) < 4.78 is 1.76. The number of pyridine rings is 1. The predicted molar refractivity (Wildman–Crippen MR) is 129 cm³/mol. The average molecular weight is 441 g/mol. The van der Waals surface area contributed by atoms with E-state index in [4.69, 9.17) is 0 Å². The lowest BCUT2D eigenvalue weighted by Crippen LogP contribution is -2.21. The minimum atomic E-state index is -0.311. The first kappa shape index (κ1) is 20.0. The van der Waals surface area contributed by atoms with Crippen molar-refractivity contribution in [3.8, 4) is 17.0 Å². The van der Waals surface area contributed by atoms with Crippen LogP contribution in [0.1, 0.15) is 16.0 Å². The minimum Gasteiger partial charge on any atom is -0.494 e. The van der Waals surface area contributed by atoms with Crippen molar-refractivity contribution < 1.29 is 5.11 Å². The normalized spacial score (nSPS) is 11.1. The van der Waals surface area contributed by atoms with Crippen molar-refractivity contribution in [3.05, 3.63) is 121 Å². The van der Waals surface area contributed by atoms with E-state index in [1.165, 1.54) is 0 Å². The van der Waals surface area contributed by atoms with Crippen molar-refractivity contribution in [3.63, 3.8) is 0 Å². The Morgan fingerprint density at radius 3 is 2.25 bits per heavy atom. The van der Waals surface area contributed by atoms with Crippen LogP contribution in [-0.2, 0) is 13.0 Å². The van der Waals surface area contributed by atoms with Gasteiger partial charge in [-0.05, 0) is 28.3 Å². The molecule has 3 aromatic carbocycles. The van der Waals surface area contributed by atoms with Crippen LogP contribution in [0.15, 0.2) is 94.5 Å². The summed E-state index contributed by atoms with van der Waals surface area (Å²) >= 11 is 0.960. The number of H-pyrrole nitrogens is 1. The van der Waals surface area contributed by atoms with E-state index in [1.807, 2.05) is 54.6 Å². The van der Waals surface area contributed by atoms with Gasteiger partial charge in [0.1, 0.15) is 0 Å². The molecular weight excluding hydrogens is 420 g/mol. The zero-order valence-corrected chi connectivity index (χ0v) is 17.9. The molecule has 0 aliphatic heterocycles. The highest BCUT2D eigenvalue weighted by Gasteiger charge is 2.13. The zero-order chi connectivity index (χ0) is 22.1. The zero-order valence-electron chi connectivity index (χ0n) is 17.1. The minimum absolute atomic E-state index is 0.117. The van der Waals surface area contributed by atoms with Crippen molar-refractivity contribution >= 4 is 22.2 Å². The van der Waals surface area contributed by atoms with Crippen molar-refractivity contribution in [1.82, 2.24) is 9.55 Å². The summed E-state index contributed by atoms with van der Waals surface area (Å²) in [5, 5.41) is 10.9. The number of aromatic nitrogens is 2. The molecule has 0 radical (unpaired) electrons. The van der Waals surface area contributed by atoms with E-state index in [1.54, 1.807) is 10.6 Å². The maximum Gasteiger partial charge on any atom is 0.307 e. The molecule has 0 saturated heterocycles. The van der Waals surface area contributed by atoms with Gasteiger partial charge in [0.2, 0.25) is 5.88 Å². The lowest BCUT2D eigenvalue weighted by molar-refractivity contribution is 0.451. The molecule has 2 N–H and O–H groups in total. The van der Waals surface area contributed by atoms with Gasteiger partial charge in [0, 0.05) is 17.9 Å². The van der Waals surface area contributed by atoms with E-state index < -0.39 is 0 Å². The van der Waals surface area contributed by atoms with Crippen LogP contribution in [-0.4, -0.2) is 14.7 Å². The van der Waals surface area contributed by atoms with Gasteiger partial charge in [-0.2, -0.15) is 0 Å². The van der Waals surface area contributed by atoms with Crippen LogP contribution in [0.5, 0.6) is 5.88 Å². The average Bonchev–Trinajstić information content (AvgIpc) is 3.14. The number of rotatable bonds is 5. The van der Waals surface area contributed by atoms with E-state index in [-0.39, 0.29) is 16.3 Å². The first-order valence-electron chi connectivity index (χ1n) is 10.3. The third kappa shape index (κ3) is 3.88. The number of aromatic amines is 1. The second-order valence-electron chi connectivity index (χ2n) is 7.64. The van der Waals surface area contributed by atoms with E-state index >= 15 is 0 Å². The van der Waals surface area contributed by atoms with Crippen LogP contribution >= 0.6 is 11.3 Å². The summed E-state index contributed by atoms with van der Waals surface area (Å²) in [5.41, 5.74) is 4.81. The number of nitrogens with one attached hydrogen (secondary N) is 1. The first-order valence-corrected chi connectivity index (χ1v) is 11.1. The summed E-state index contributed by atoms with van der Waals surface area (Å²) in [4.78, 5) is 27.2. The number of aromatic hydroxyl groups is 1. The number of hydrogen-bond donors (Lipinski definition) is 2. The molecule has 0 bridgehead atoms. The molecule has 6 heteroatoms. The molecule has 5 nitrogen and oxygen atoms in total. The molecule has 0 unspecified atom stereocenters. The Balaban J connectivity index is 1.51. The molecule has 0 atom stereocenters. The van der Waals surface area contributed by atoms with Crippen LogP contribution in [0.25, 0.3) is 22.0 Å². The van der Waals surface area contributed by atoms with E-state index in [2.05, 4.69) is 29.2 Å². The highest BCUT2D eigenvalue weighted by atomic mass is 32.1. The largest absolute Gasteiger partial charge is 0.494 e. The second kappa shape index (κ2) is 8.32. The van der Waals surface area contributed by atoms with Gasteiger partial charge < -0.3 is 9.67 Å². The highest BCUT2D eigenvalue weighted by molar-refractivity contribution is 7.09. The second-order valence-corrected chi connectivity index (χ2v) is 8.70. The number of para-hydroxylation sites is 1. The lowest BCUT2D eigenvalue weighted by atomic mass is 10.0. The van der Waals surface area contributed by atoms with Gasteiger partial charge >= 0.3 is 4.87 Å². The van der Waals surface area contributed by atoms with Crippen LogP contribution in [0.2, 0.25) is 0 Å². The Morgan fingerprint density at radius 1 is 0.844 bits per heavy atom. The number of fused-ring (bicyclic) bond motifs is 1. The topological polar surface area (TPSA) is 75.1 Å². The summed E-state index contributed by atoms with van der Waals surface area (Å²) in [6, 6.07) is 27.7. The Labute approximate surface area is 187 Å². The van der Waals surface area contributed by atoms with Gasteiger partial charge in [0.25, 0.3) is 5.56 Å². The SMILES string of the molecule is O=c1[nH]c(O)c(Cc2cc(=O)n(Cc3ccc(-c4ccccc4)cc3)c3ccccc23)s1. The maximum atomic E-state index is 13.1. The van der Waals surface area contributed by atoms with Crippen LogP contribution in [0, 0.1) is 0 Å². The molecule has 0 aliphatic carbocycles. The Hall–Kier alpha value is -3.90. The van der Waals surface area contributed by atoms with E-state index in [0.717, 1.165) is 44.5 Å². The van der Waals surface area contributed by atoms with Crippen LogP contribution in [0.4, 0.5) is 0 Å². The number of nitrogens with zero attached hydrogens (tertiary/aromatic N) is 1. The van der Waals surface area contributed by atoms with Crippen LogP contribution in [0.3, 0.4) is 0 Å². The molecule has 0 saturated carbocycles. The van der Waals surface area contributed by atoms with Crippen molar-refractivity contribution in [2.45, 2.75) is 13.0 Å².